The summed E-state index contributed by atoms with van der Waals surface area (Å²) < 4.78 is 16.7. The number of hydrogen-bond donors (Lipinski definition) is 2. The summed E-state index contributed by atoms with van der Waals surface area (Å²) in [6, 6.07) is 9.66. The van der Waals surface area contributed by atoms with Gasteiger partial charge in [0.05, 0.1) is 25.5 Å². The lowest BCUT2D eigenvalue weighted by Crippen LogP contribution is -2.19. The molecular formula is C22H26N2O6. The van der Waals surface area contributed by atoms with Crippen LogP contribution in [0.5, 0.6) is 17.2 Å². The summed E-state index contributed by atoms with van der Waals surface area (Å²) >= 11 is 0. The van der Waals surface area contributed by atoms with Crippen LogP contribution in [-0.2, 0) is 4.79 Å². The van der Waals surface area contributed by atoms with Crippen molar-refractivity contribution in [2.75, 3.05) is 46.8 Å². The topological polar surface area (TPSA) is 97.3 Å². The number of anilines is 1. The minimum atomic E-state index is -1.12. The van der Waals surface area contributed by atoms with Gasteiger partial charge in [0.2, 0.25) is 11.7 Å². The first-order valence-electron chi connectivity index (χ1n) is 9.21. The number of carbonyl (C=O) groups excluding carboxylic acids is 1. The molecule has 0 aliphatic rings. The highest BCUT2D eigenvalue weighted by Gasteiger charge is 2.16. The number of nitrogens with zero attached hydrogens (tertiary/aromatic N) is 1. The highest BCUT2D eigenvalue weighted by atomic mass is 16.5. The number of nitrogens with one attached hydrogen (secondary N) is 1. The molecule has 0 unspecified atom stereocenters. The largest absolute Gasteiger partial charge is 0.493 e. The lowest BCUT2D eigenvalue weighted by Gasteiger charge is -2.17. The molecule has 0 aliphatic heterocycles. The first-order valence-corrected chi connectivity index (χ1v) is 9.21. The maximum absolute atomic E-state index is 12.4. The quantitative estimate of drug-likeness (QED) is 0.577. The number of benzene rings is 2. The normalized spacial score (nSPS) is 10.8. The van der Waals surface area contributed by atoms with Crippen LogP contribution in [0.1, 0.15) is 15.9 Å². The summed E-state index contributed by atoms with van der Waals surface area (Å²) in [6.45, 7) is 1.10. The van der Waals surface area contributed by atoms with E-state index < -0.39 is 11.9 Å². The highest BCUT2D eigenvalue weighted by molar-refractivity contribution is 6.06. The smallest absolute Gasteiger partial charge is 0.337 e. The van der Waals surface area contributed by atoms with Crippen LogP contribution in [0.3, 0.4) is 0 Å². The second-order valence-corrected chi connectivity index (χ2v) is 6.54. The fourth-order valence-electron chi connectivity index (χ4n) is 2.64. The maximum Gasteiger partial charge on any atom is 0.337 e. The van der Waals surface area contributed by atoms with Crippen LogP contribution in [0.2, 0.25) is 0 Å². The number of amides is 1. The van der Waals surface area contributed by atoms with E-state index in [1.165, 1.54) is 32.4 Å². The molecule has 2 aromatic carbocycles. The lowest BCUT2D eigenvalue weighted by atomic mass is 10.1. The van der Waals surface area contributed by atoms with Gasteiger partial charge >= 0.3 is 5.97 Å². The summed E-state index contributed by atoms with van der Waals surface area (Å²) in [4.78, 5) is 25.6. The van der Waals surface area contributed by atoms with Crippen molar-refractivity contribution < 1.29 is 28.9 Å². The number of hydrogen-bond acceptors (Lipinski definition) is 6. The minimum absolute atomic E-state index is 0.0121. The van der Waals surface area contributed by atoms with Gasteiger partial charge in [0, 0.05) is 18.2 Å². The third-order valence-electron chi connectivity index (χ3n) is 4.15. The van der Waals surface area contributed by atoms with Gasteiger partial charge in [0.1, 0.15) is 6.61 Å². The van der Waals surface area contributed by atoms with Gasteiger partial charge in [-0.3, -0.25) is 4.79 Å². The fraction of sp³-hybridized carbons (Fsp3) is 0.273. The molecule has 0 saturated heterocycles. The second-order valence-electron chi connectivity index (χ2n) is 6.54. The van der Waals surface area contributed by atoms with Gasteiger partial charge in [0.15, 0.2) is 11.5 Å². The monoisotopic (exact) mass is 414 g/mol. The molecule has 2 rings (SSSR count). The van der Waals surface area contributed by atoms with E-state index in [-0.39, 0.29) is 11.3 Å². The molecule has 0 atom stereocenters. The number of para-hydroxylation sites is 1. The fourth-order valence-corrected chi connectivity index (χ4v) is 2.64. The molecule has 0 aromatic heterocycles. The summed E-state index contributed by atoms with van der Waals surface area (Å²) in [5.41, 5.74) is 0.848. The Morgan fingerprint density at radius 2 is 1.80 bits per heavy atom. The van der Waals surface area contributed by atoms with E-state index in [2.05, 4.69) is 5.32 Å². The van der Waals surface area contributed by atoms with Crippen molar-refractivity contribution in [3.05, 3.63) is 53.6 Å². The SMILES string of the molecule is COc1ccc(/C=C/C(=O)Nc2ccccc2C(=O)O)c(OCCN(C)C)c1OC. The van der Waals surface area contributed by atoms with Crippen molar-refractivity contribution in [1.82, 2.24) is 4.90 Å². The zero-order valence-corrected chi connectivity index (χ0v) is 17.5. The van der Waals surface area contributed by atoms with E-state index in [9.17, 15) is 14.7 Å². The summed E-state index contributed by atoms with van der Waals surface area (Å²) in [7, 11) is 6.92. The molecule has 8 heteroatoms. The summed E-state index contributed by atoms with van der Waals surface area (Å²) in [5.74, 6) is -0.206. The number of aromatic carboxylic acids is 1. The molecule has 0 aliphatic carbocycles. The number of rotatable bonds is 10. The summed E-state index contributed by atoms with van der Waals surface area (Å²) in [6.07, 6.45) is 2.88. The average molecular weight is 414 g/mol. The van der Waals surface area contributed by atoms with Crippen molar-refractivity contribution in [3.8, 4) is 17.2 Å². The van der Waals surface area contributed by atoms with Gasteiger partial charge in [-0.15, -0.1) is 0 Å². The molecule has 30 heavy (non-hydrogen) atoms. The Kier molecular flexibility index (Phi) is 8.25. The Bertz CT molecular complexity index is 924. The van der Waals surface area contributed by atoms with Gasteiger partial charge in [-0.1, -0.05) is 12.1 Å². The number of likely N-dealkylation sites (N-methyl/N-ethyl adjacent to an activating group) is 1. The Labute approximate surface area is 175 Å². The van der Waals surface area contributed by atoms with E-state index in [1.54, 1.807) is 30.3 Å². The lowest BCUT2D eigenvalue weighted by molar-refractivity contribution is -0.111. The molecule has 2 aromatic rings. The van der Waals surface area contributed by atoms with E-state index in [1.807, 2.05) is 19.0 Å². The molecule has 0 bridgehead atoms. The third-order valence-corrected chi connectivity index (χ3v) is 4.15. The van der Waals surface area contributed by atoms with Crippen LogP contribution in [0.15, 0.2) is 42.5 Å². The first kappa shape index (κ1) is 22.8. The van der Waals surface area contributed by atoms with Crippen molar-refractivity contribution in [3.63, 3.8) is 0 Å². The number of carboxylic acids is 1. The second kappa shape index (κ2) is 10.9. The predicted molar refractivity (Wildman–Crippen MR) is 115 cm³/mol. The third kappa shape index (κ3) is 5.99. The Morgan fingerprint density at radius 3 is 2.43 bits per heavy atom. The molecule has 1 amide bonds. The molecule has 160 valence electrons. The molecular weight excluding hydrogens is 388 g/mol. The number of carbonyl (C=O) groups is 2. The molecule has 0 spiro atoms. The van der Waals surface area contributed by atoms with Gasteiger partial charge in [-0.05, 0) is 44.4 Å². The van der Waals surface area contributed by atoms with E-state index in [0.717, 1.165) is 0 Å². The number of methoxy groups -OCH3 is 2. The van der Waals surface area contributed by atoms with Gasteiger partial charge in [0.25, 0.3) is 0 Å². The average Bonchev–Trinajstić information content (AvgIpc) is 2.72. The number of carboxylic acid groups (broad SMARTS) is 1. The molecule has 0 saturated carbocycles. The zero-order valence-electron chi connectivity index (χ0n) is 17.5. The molecule has 0 fully saturated rings. The van der Waals surface area contributed by atoms with Crippen LogP contribution >= 0.6 is 0 Å². The first-order chi connectivity index (χ1) is 14.4. The van der Waals surface area contributed by atoms with Gasteiger partial charge in [-0.2, -0.15) is 0 Å². The predicted octanol–water partition coefficient (Wildman–Crippen LogP) is 2.99. The van der Waals surface area contributed by atoms with Crippen LogP contribution in [0, 0.1) is 0 Å². The van der Waals surface area contributed by atoms with Crippen molar-refractivity contribution >= 4 is 23.6 Å². The maximum atomic E-state index is 12.4. The van der Waals surface area contributed by atoms with Crippen molar-refractivity contribution in [2.45, 2.75) is 0 Å². The molecule has 0 radical (unpaired) electrons. The van der Waals surface area contributed by atoms with Crippen molar-refractivity contribution in [2.24, 2.45) is 0 Å². The van der Waals surface area contributed by atoms with E-state index in [4.69, 9.17) is 14.2 Å². The Balaban J connectivity index is 2.26. The van der Waals surface area contributed by atoms with E-state index in [0.29, 0.717) is 36.0 Å². The zero-order chi connectivity index (χ0) is 22.1. The highest BCUT2D eigenvalue weighted by Crippen LogP contribution is 2.40. The summed E-state index contributed by atoms with van der Waals surface area (Å²) in [5, 5.41) is 11.8. The Morgan fingerprint density at radius 1 is 1.07 bits per heavy atom. The molecule has 0 heterocycles. The minimum Gasteiger partial charge on any atom is -0.493 e. The molecule has 2 N–H and O–H groups in total. The van der Waals surface area contributed by atoms with Crippen LogP contribution < -0.4 is 19.5 Å². The van der Waals surface area contributed by atoms with Crippen LogP contribution in [0.25, 0.3) is 6.08 Å². The van der Waals surface area contributed by atoms with Crippen LogP contribution in [0.4, 0.5) is 5.69 Å². The van der Waals surface area contributed by atoms with Crippen LogP contribution in [-0.4, -0.2) is 63.3 Å². The van der Waals surface area contributed by atoms with E-state index >= 15 is 0 Å². The van der Waals surface area contributed by atoms with Crippen molar-refractivity contribution in [1.29, 1.82) is 0 Å². The van der Waals surface area contributed by atoms with Gasteiger partial charge < -0.3 is 29.5 Å². The van der Waals surface area contributed by atoms with Gasteiger partial charge in [-0.25, -0.2) is 4.79 Å². The number of ether oxygens (including phenoxy) is 3. The Hall–Kier alpha value is -3.52. The molecule has 8 nitrogen and oxygen atoms in total. The standard InChI is InChI=1S/C22H26N2O6/c1-24(2)13-14-30-20-15(9-11-18(28-3)21(20)29-4)10-12-19(25)23-17-8-6-5-7-16(17)22(26)27/h5-12H,13-14H2,1-4H3,(H,23,25)(H,26,27)/b12-10+.